The summed E-state index contributed by atoms with van der Waals surface area (Å²) in [5.41, 5.74) is 2.68. The van der Waals surface area contributed by atoms with Crippen molar-refractivity contribution in [3.05, 3.63) is 35.4 Å². The van der Waals surface area contributed by atoms with E-state index in [2.05, 4.69) is 57.3 Å². The summed E-state index contributed by atoms with van der Waals surface area (Å²) in [6, 6.07) is 8.89. The lowest BCUT2D eigenvalue weighted by Gasteiger charge is -2.13. The summed E-state index contributed by atoms with van der Waals surface area (Å²) >= 11 is 0. The van der Waals surface area contributed by atoms with Gasteiger partial charge in [-0.25, -0.2) is 0 Å². The van der Waals surface area contributed by atoms with Gasteiger partial charge in [0.15, 0.2) is 0 Å². The largest absolute Gasteiger partial charge is 0.377 e. The topological polar surface area (TPSA) is 21.3 Å². The molecule has 0 saturated carbocycles. The highest BCUT2D eigenvalue weighted by atomic mass is 16.5. The molecule has 1 rings (SSSR count). The second-order valence-electron chi connectivity index (χ2n) is 6.44. The van der Waals surface area contributed by atoms with Crippen LogP contribution in [0.4, 0.5) is 0 Å². The molecule has 1 aromatic carbocycles. The number of benzene rings is 1. The van der Waals surface area contributed by atoms with E-state index in [1.807, 2.05) is 0 Å². The molecule has 0 bridgehead atoms. The van der Waals surface area contributed by atoms with Gasteiger partial charge in [-0.1, -0.05) is 52.0 Å². The fraction of sp³-hybridized carbons (Fsp3) is 0.684. The van der Waals surface area contributed by atoms with E-state index in [9.17, 15) is 0 Å². The fourth-order valence-corrected chi connectivity index (χ4v) is 2.34. The average molecular weight is 291 g/mol. The molecule has 0 amide bonds. The van der Waals surface area contributed by atoms with E-state index in [1.54, 1.807) is 0 Å². The number of hydrogen-bond acceptors (Lipinski definition) is 2. The molecule has 0 heterocycles. The van der Waals surface area contributed by atoms with Crippen LogP contribution in [0.15, 0.2) is 24.3 Å². The van der Waals surface area contributed by atoms with Gasteiger partial charge in [0.25, 0.3) is 0 Å². The highest BCUT2D eigenvalue weighted by Crippen LogP contribution is 2.15. The second-order valence-corrected chi connectivity index (χ2v) is 6.44. The fourth-order valence-electron chi connectivity index (χ4n) is 2.34. The molecule has 2 heteroatoms. The molecule has 0 aliphatic heterocycles. The minimum Gasteiger partial charge on any atom is -0.377 e. The van der Waals surface area contributed by atoms with Gasteiger partial charge in [-0.15, -0.1) is 0 Å². The van der Waals surface area contributed by atoms with E-state index >= 15 is 0 Å². The lowest BCUT2D eigenvalue weighted by atomic mass is 10.00. The van der Waals surface area contributed by atoms with Crippen LogP contribution in [-0.2, 0) is 11.3 Å². The normalized spacial score (nSPS) is 12.8. The first-order valence-electron chi connectivity index (χ1n) is 8.50. The monoisotopic (exact) mass is 291 g/mol. The van der Waals surface area contributed by atoms with Crippen LogP contribution in [0.25, 0.3) is 0 Å². The maximum atomic E-state index is 5.74. The average Bonchev–Trinajstić information content (AvgIpc) is 2.47. The summed E-state index contributed by atoms with van der Waals surface area (Å²) in [5, 5.41) is 3.48. The summed E-state index contributed by atoms with van der Waals surface area (Å²) in [5.74, 6) is 1.34. The third kappa shape index (κ3) is 8.23. The number of nitrogens with one attached hydrogen (secondary N) is 1. The molecule has 0 radical (unpaired) electrons. The molecule has 21 heavy (non-hydrogen) atoms. The van der Waals surface area contributed by atoms with Gasteiger partial charge in [-0.3, -0.25) is 0 Å². The van der Waals surface area contributed by atoms with E-state index in [0.717, 1.165) is 38.6 Å². The van der Waals surface area contributed by atoms with Gasteiger partial charge in [0, 0.05) is 13.2 Å². The lowest BCUT2D eigenvalue weighted by Crippen LogP contribution is -2.20. The number of ether oxygens (including phenoxy) is 1. The Hall–Kier alpha value is -0.860. The Morgan fingerprint density at radius 3 is 2.43 bits per heavy atom. The highest BCUT2D eigenvalue weighted by molar-refractivity contribution is 5.24. The molecule has 0 aliphatic carbocycles. The maximum Gasteiger partial charge on any atom is 0.0716 e. The summed E-state index contributed by atoms with van der Waals surface area (Å²) < 4.78 is 5.74. The van der Waals surface area contributed by atoms with Gasteiger partial charge in [-0.05, 0) is 48.8 Å². The standard InChI is InChI=1S/C19H33NO/c1-5-12-20-14-17(4)19-10-8-18(9-11-19)15-21-13-6-7-16(2)3/h8-11,16-17,20H,5-7,12-15H2,1-4H3. The summed E-state index contributed by atoms with van der Waals surface area (Å²) in [6.07, 6.45) is 3.61. The molecule has 0 aromatic heterocycles. The quantitative estimate of drug-likeness (QED) is 0.594. The first kappa shape index (κ1) is 18.2. The Morgan fingerprint density at radius 1 is 1.10 bits per heavy atom. The second kappa shape index (κ2) is 10.8. The predicted molar refractivity (Wildman–Crippen MR) is 91.7 cm³/mol. The minimum atomic E-state index is 0.567. The van der Waals surface area contributed by atoms with Crippen LogP contribution in [-0.4, -0.2) is 19.7 Å². The Morgan fingerprint density at radius 2 is 1.81 bits per heavy atom. The summed E-state index contributed by atoms with van der Waals surface area (Å²) in [6.45, 7) is 12.8. The van der Waals surface area contributed by atoms with Crippen molar-refractivity contribution >= 4 is 0 Å². The first-order chi connectivity index (χ1) is 10.1. The molecule has 2 nitrogen and oxygen atoms in total. The van der Waals surface area contributed by atoms with Crippen LogP contribution in [0.1, 0.15) is 64.0 Å². The van der Waals surface area contributed by atoms with E-state index in [0.29, 0.717) is 5.92 Å². The maximum absolute atomic E-state index is 5.74. The Balaban J connectivity index is 2.26. The first-order valence-corrected chi connectivity index (χ1v) is 8.50. The Labute approximate surface area is 131 Å². The third-order valence-corrected chi connectivity index (χ3v) is 3.76. The van der Waals surface area contributed by atoms with Crippen molar-refractivity contribution in [1.82, 2.24) is 5.32 Å². The van der Waals surface area contributed by atoms with Crippen LogP contribution in [0.3, 0.4) is 0 Å². The smallest absolute Gasteiger partial charge is 0.0716 e. The van der Waals surface area contributed by atoms with Gasteiger partial charge < -0.3 is 10.1 Å². The van der Waals surface area contributed by atoms with Crippen molar-refractivity contribution in [2.75, 3.05) is 19.7 Å². The Kier molecular flexibility index (Phi) is 9.36. The van der Waals surface area contributed by atoms with Gasteiger partial charge in [0.2, 0.25) is 0 Å². The van der Waals surface area contributed by atoms with Crippen molar-refractivity contribution in [2.24, 2.45) is 5.92 Å². The number of rotatable bonds is 11. The predicted octanol–water partition coefficient (Wildman–Crippen LogP) is 4.74. The van der Waals surface area contributed by atoms with Crippen LogP contribution in [0.2, 0.25) is 0 Å². The van der Waals surface area contributed by atoms with Gasteiger partial charge in [-0.2, -0.15) is 0 Å². The Bertz CT molecular complexity index is 358. The van der Waals surface area contributed by atoms with Crippen LogP contribution in [0, 0.1) is 5.92 Å². The zero-order valence-corrected chi connectivity index (χ0v) is 14.3. The minimum absolute atomic E-state index is 0.567. The molecule has 1 aromatic rings. The van der Waals surface area contributed by atoms with E-state index in [-0.39, 0.29) is 0 Å². The molecule has 1 unspecified atom stereocenters. The molecule has 0 aliphatic rings. The van der Waals surface area contributed by atoms with Crippen LogP contribution in [0.5, 0.6) is 0 Å². The molecule has 1 atom stereocenters. The SMILES string of the molecule is CCCNCC(C)c1ccc(COCCCC(C)C)cc1. The summed E-state index contributed by atoms with van der Waals surface area (Å²) in [7, 11) is 0. The molecule has 0 saturated heterocycles. The zero-order valence-electron chi connectivity index (χ0n) is 14.3. The van der Waals surface area contributed by atoms with E-state index in [4.69, 9.17) is 4.74 Å². The molecular formula is C19H33NO. The van der Waals surface area contributed by atoms with Crippen molar-refractivity contribution in [3.63, 3.8) is 0 Å². The highest BCUT2D eigenvalue weighted by Gasteiger charge is 2.04. The number of hydrogen-bond donors (Lipinski definition) is 1. The van der Waals surface area contributed by atoms with Crippen molar-refractivity contribution < 1.29 is 4.74 Å². The zero-order chi connectivity index (χ0) is 15.5. The third-order valence-electron chi connectivity index (χ3n) is 3.76. The van der Waals surface area contributed by atoms with Crippen LogP contribution >= 0.6 is 0 Å². The molecule has 1 N–H and O–H groups in total. The lowest BCUT2D eigenvalue weighted by molar-refractivity contribution is 0.115. The molecule has 0 spiro atoms. The van der Waals surface area contributed by atoms with Crippen molar-refractivity contribution in [1.29, 1.82) is 0 Å². The van der Waals surface area contributed by atoms with E-state index < -0.39 is 0 Å². The van der Waals surface area contributed by atoms with Gasteiger partial charge in [0.1, 0.15) is 0 Å². The van der Waals surface area contributed by atoms with E-state index in [1.165, 1.54) is 24.0 Å². The van der Waals surface area contributed by atoms with Gasteiger partial charge >= 0.3 is 0 Å². The van der Waals surface area contributed by atoms with Crippen LogP contribution < -0.4 is 5.32 Å². The van der Waals surface area contributed by atoms with Gasteiger partial charge in [0.05, 0.1) is 6.61 Å². The molecule has 0 fully saturated rings. The summed E-state index contributed by atoms with van der Waals surface area (Å²) in [4.78, 5) is 0. The molecule has 120 valence electrons. The van der Waals surface area contributed by atoms with Crippen molar-refractivity contribution in [3.8, 4) is 0 Å². The molecular weight excluding hydrogens is 258 g/mol. The van der Waals surface area contributed by atoms with Crippen molar-refractivity contribution in [2.45, 2.75) is 59.5 Å².